The lowest BCUT2D eigenvalue weighted by Crippen LogP contribution is -2.34. The highest BCUT2D eigenvalue weighted by Gasteiger charge is 2.33. The third kappa shape index (κ3) is 4.54. The van der Waals surface area contributed by atoms with Crippen molar-refractivity contribution in [1.29, 1.82) is 0 Å². The van der Waals surface area contributed by atoms with Crippen molar-refractivity contribution in [2.45, 2.75) is 43.5 Å². The zero-order valence-corrected chi connectivity index (χ0v) is 17.0. The molecule has 28 heavy (non-hydrogen) atoms. The number of nitrogens with one attached hydrogen (secondary N) is 1. The molecule has 7 heteroatoms. The van der Waals surface area contributed by atoms with Gasteiger partial charge in [0.15, 0.2) is 0 Å². The lowest BCUT2D eigenvalue weighted by Gasteiger charge is -2.29. The number of benzene rings is 2. The molecule has 0 spiro atoms. The summed E-state index contributed by atoms with van der Waals surface area (Å²) < 4.78 is 33.6. The summed E-state index contributed by atoms with van der Waals surface area (Å²) in [5, 5.41) is 2.66. The van der Waals surface area contributed by atoms with Crippen LogP contribution in [-0.2, 0) is 14.8 Å². The van der Waals surface area contributed by atoms with E-state index in [2.05, 4.69) is 5.32 Å². The molecule has 1 amide bonds. The largest absolute Gasteiger partial charge is 0.497 e. The van der Waals surface area contributed by atoms with Gasteiger partial charge >= 0.3 is 0 Å². The van der Waals surface area contributed by atoms with E-state index in [4.69, 9.17) is 4.74 Å². The van der Waals surface area contributed by atoms with Gasteiger partial charge in [-0.25, -0.2) is 8.42 Å². The highest BCUT2D eigenvalue weighted by molar-refractivity contribution is 7.89. The van der Waals surface area contributed by atoms with Gasteiger partial charge < -0.3 is 10.1 Å². The SMILES string of the molecule is COc1ccc([C@@H]2CCCCCN2S(=O)(=O)c2ccc(NC(C)=O)cc2)cc1. The summed E-state index contributed by atoms with van der Waals surface area (Å²) in [6, 6.07) is 13.8. The Kier molecular flexibility index (Phi) is 6.36. The second kappa shape index (κ2) is 8.75. The maximum absolute atomic E-state index is 13.4. The lowest BCUT2D eigenvalue weighted by molar-refractivity contribution is -0.114. The van der Waals surface area contributed by atoms with Crippen LogP contribution in [0.15, 0.2) is 53.4 Å². The van der Waals surface area contributed by atoms with Gasteiger partial charge in [0, 0.05) is 19.2 Å². The van der Waals surface area contributed by atoms with Crippen LogP contribution in [0, 0.1) is 0 Å². The molecule has 0 aromatic heterocycles. The van der Waals surface area contributed by atoms with Gasteiger partial charge in [0.05, 0.1) is 18.0 Å². The number of ether oxygens (including phenoxy) is 1. The Morgan fingerprint density at radius 3 is 2.32 bits per heavy atom. The molecule has 0 aliphatic carbocycles. The number of anilines is 1. The number of sulfonamides is 1. The summed E-state index contributed by atoms with van der Waals surface area (Å²) in [4.78, 5) is 11.4. The van der Waals surface area contributed by atoms with Crippen LogP contribution < -0.4 is 10.1 Å². The van der Waals surface area contributed by atoms with Gasteiger partial charge in [0.2, 0.25) is 15.9 Å². The monoisotopic (exact) mass is 402 g/mol. The predicted molar refractivity (Wildman–Crippen MR) is 109 cm³/mol. The van der Waals surface area contributed by atoms with E-state index in [1.807, 2.05) is 24.3 Å². The summed E-state index contributed by atoms with van der Waals surface area (Å²) in [5.74, 6) is 0.558. The molecule has 1 N–H and O–H groups in total. The molecule has 150 valence electrons. The Labute approximate surface area is 166 Å². The van der Waals surface area contributed by atoms with E-state index in [-0.39, 0.29) is 16.8 Å². The molecule has 1 aliphatic rings. The Balaban J connectivity index is 1.92. The second-order valence-electron chi connectivity index (χ2n) is 6.96. The van der Waals surface area contributed by atoms with Gasteiger partial charge in [-0.1, -0.05) is 25.0 Å². The highest BCUT2D eigenvalue weighted by Crippen LogP contribution is 2.35. The Bertz CT molecular complexity index is 908. The van der Waals surface area contributed by atoms with E-state index in [0.717, 1.165) is 37.0 Å². The second-order valence-corrected chi connectivity index (χ2v) is 8.85. The van der Waals surface area contributed by atoms with Crippen LogP contribution in [0.5, 0.6) is 5.75 Å². The first kappa shape index (κ1) is 20.4. The molecule has 1 atom stereocenters. The molecule has 1 aliphatic heterocycles. The number of amides is 1. The molecule has 0 radical (unpaired) electrons. The van der Waals surface area contributed by atoms with Gasteiger partial charge in [0.1, 0.15) is 5.75 Å². The van der Waals surface area contributed by atoms with E-state index in [9.17, 15) is 13.2 Å². The first-order chi connectivity index (χ1) is 13.4. The highest BCUT2D eigenvalue weighted by atomic mass is 32.2. The predicted octanol–water partition coefficient (Wildman–Crippen LogP) is 3.96. The molecular formula is C21H26N2O4S. The molecule has 3 rings (SSSR count). The zero-order valence-electron chi connectivity index (χ0n) is 16.2. The van der Waals surface area contributed by atoms with Crippen molar-refractivity contribution in [1.82, 2.24) is 4.31 Å². The fourth-order valence-corrected chi connectivity index (χ4v) is 5.26. The third-order valence-corrected chi connectivity index (χ3v) is 6.91. The van der Waals surface area contributed by atoms with Gasteiger partial charge in [0.25, 0.3) is 0 Å². The van der Waals surface area contributed by atoms with Gasteiger partial charge in [-0.05, 0) is 54.8 Å². The Hall–Kier alpha value is -2.38. The van der Waals surface area contributed by atoms with Gasteiger partial charge in [-0.3, -0.25) is 4.79 Å². The van der Waals surface area contributed by atoms with Crippen LogP contribution >= 0.6 is 0 Å². The van der Waals surface area contributed by atoms with Crippen LogP contribution in [0.1, 0.15) is 44.2 Å². The molecule has 0 bridgehead atoms. The van der Waals surface area contributed by atoms with Crippen LogP contribution in [0.3, 0.4) is 0 Å². The average Bonchev–Trinajstić information content (AvgIpc) is 2.95. The molecule has 2 aromatic rings. The summed E-state index contributed by atoms with van der Waals surface area (Å²) in [6.07, 6.45) is 3.63. The maximum Gasteiger partial charge on any atom is 0.243 e. The number of hydrogen-bond acceptors (Lipinski definition) is 4. The van der Waals surface area contributed by atoms with Crippen molar-refractivity contribution in [2.75, 3.05) is 19.0 Å². The van der Waals surface area contributed by atoms with Gasteiger partial charge in [-0.15, -0.1) is 0 Å². The van der Waals surface area contributed by atoms with Gasteiger partial charge in [-0.2, -0.15) is 4.31 Å². The number of hydrogen-bond donors (Lipinski definition) is 1. The molecule has 0 saturated carbocycles. The average molecular weight is 403 g/mol. The minimum absolute atomic E-state index is 0.192. The van der Waals surface area contributed by atoms with Crippen molar-refractivity contribution in [3.63, 3.8) is 0 Å². The fourth-order valence-electron chi connectivity index (χ4n) is 3.58. The first-order valence-electron chi connectivity index (χ1n) is 9.45. The van der Waals surface area contributed by atoms with Crippen LogP contribution in [0.25, 0.3) is 0 Å². The standard InChI is InChI=1S/C21H26N2O4S/c1-16(24)22-18-9-13-20(14-10-18)28(25,26)23-15-5-3-4-6-21(23)17-7-11-19(27-2)12-8-17/h7-14,21H,3-6,15H2,1-2H3,(H,22,24)/t21-/m0/s1. The lowest BCUT2D eigenvalue weighted by atomic mass is 10.0. The van der Waals surface area contributed by atoms with Crippen LogP contribution in [0.2, 0.25) is 0 Å². The van der Waals surface area contributed by atoms with E-state index in [0.29, 0.717) is 12.2 Å². The van der Waals surface area contributed by atoms with E-state index in [1.165, 1.54) is 6.92 Å². The molecule has 1 saturated heterocycles. The Morgan fingerprint density at radius 1 is 1.04 bits per heavy atom. The van der Waals surface area contributed by atoms with E-state index >= 15 is 0 Å². The summed E-state index contributed by atoms with van der Waals surface area (Å²) in [6.45, 7) is 1.91. The number of carbonyl (C=O) groups is 1. The molecule has 2 aromatic carbocycles. The molecule has 1 fully saturated rings. The topological polar surface area (TPSA) is 75.7 Å². The number of rotatable bonds is 5. The maximum atomic E-state index is 13.4. The minimum atomic E-state index is -3.65. The van der Waals surface area contributed by atoms with Crippen molar-refractivity contribution in [2.24, 2.45) is 0 Å². The van der Waals surface area contributed by atoms with Crippen LogP contribution in [0.4, 0.5) is 5.69 Å². The minimum Gasteiger partial charge on any atom is -0.497 e. The van der Waals surface area contributed by atoms with Crippen LogP contribution in [-0.4, -0.2) is 32.3 Å². The van der Waals surface area contributed by atoms with Crippen molar-refractivity contribution in [3.8, 4) is 5.75 Å². The molecule has 0 unspecified atom stereocenters. The number of carbonyl (C=O) groups excluding carboxylic acids is 1. The summed E-state index contributed by atoms with van der Waals surface area (Å²) in [7, 11) is -2.04. The third-order valence-electron chi connectivity index (χ3n) is 4.99. The van der Waals surface area contributed by atoms with E-state index in [1.54, 1.807) is 35.7 Å². The molecular weight excluding hydrogens is 376 g/mol. The van der Waals surface area contributed by atoms with Crippen molar-refractivity contribution < 1.29 is 17.9 Å². The summed E-state index contributed by atoms with van der Waals surface area (Å²) in [5.41, 5.74) is 1.55. The fraction of sp³-hybridized carbons (Fsp3) is 0.381. The number of nitrogens with zero attached hydrogens (tertiary/aromatic N) is 1. The summed E-state index contributed by atoms with van der Waals surface area (Å²) >= 11 is 0. The molecule has 1 heterocycles. The quantitative estimate of drug-likeness (QED) is 0.821. The van der Waals surface area contributed by atoms with Crippen molar-refractivity contribution >= 4 is 21.6 Å². The Morgan fingerprint density at radius 2 is 1.71 bits per heavy atom. The van der Waals surface area contributed by atoms with Crippen molar-refractivity contribution in [3.05, 3.63) is 54.1 Å². The van der Waals surface area contributed by atoms with E-state index < -0.39 is 10.0 Å². The molecule has 6 nitrogen and oxygen atoms in total. The normalized spacial score (nSPS) is 18.3. The number of methoxy groups -OCH3 is 1. The zero-order chi connectivity index (χ0) is 20.1. The first-order valence-corrected chi connectivity index (χ1v) is 10.9. The smallest absolute Gasteiger partial charge is 0.243 e.